The van der Waals surface area contributed by atoms with Gasteiger partial charge >= 0.3 is 0 Å². The largest absolute Gasteiger partial charge is 0.307 e. The number of carbonyl (C=O) groups excluding carboxylic acids is 1. The Hall–Kier alpha value is 0.0200. The van der Waals surface area contributed by atoms with Crippen molar-refractivity contribution < 1.29 is 4.79 Å². The van der Waals surface area contributed by atoms with Crippen LogP contribution in [0.15, 0.2) is 0 Å². The highest BCUT2D eigenvalue weighted by molar-refractivity contribution is 7.94. The minimum Gasteiger partial charge on any atom is -0.307 e. The van der Waals surface area contributed by atoms with E-state index in [2.05, 4.69) is 32.6 Å². The highest BCUT2D eigenvalue weighted by Gasteiger charge is 1.77. The van der Waals surface area contributed by atoms with Gasteiger partial charge in [-0.2, -0.15) is 0 Å². The second-order valence-electron chi connectivity index (χ2n) is 1.93. The van der Waals surface area contributed by atoms with Gasteiger partial charge in [0.15, 0.2) is 0 Å². The molecule has 0 saturated carbocycles. The molecular formula is C10H29OS+. The quantitative estimate of drug-likeness (QED) is 0.544. The van der Waals surface area contributed by atoms with Gasteiger partial charge in [0.25, 0.3) is 0 Å². The van der Waals surface area contributed by atoms with Gasteiger partial charge in [0, 0.05) is 0 Å². The first-order valence-corrected chi connectivity index (χ1v) is 6.38. The summed E-state index contributed by atoms with van der Waals surface area (Å²) >= 11 is 0. The second-order valence-corrected chi connectivity index (χ2v) is 4.38. The summed E-state index contributed by atoms with van der Waals surface area (Å²) in [6, 6.07) is 0. The summed E-state index contributed by atoms with van der Waals surface area (Å²) in [4.78, 5) is 8.00. The molecule has 12 heavy (non-hydrogen) atoms. The van der Waals surface area contributed by atoms with Gasteiger partial charge in [-0.15, -0.1) is 0 Å². The van der Waals surface area contributed by atoms with Crippen LogP contribution in [0.2, 0.25) is 0 Å². The minimum absolute atomic E-state index is 0. The van der Waals surface area contributed by atoms with E-state index in [1.165, 1.54) is 6.42 Å². The molecule has 0 aromatic rings. The number of hydrogen-bond acceptors (Lipinski definition) is 1. The summed E-state index contributed by atoms with van der Waals surface area (Å²) < 4.78 is 0. The fraction of sp³-hybridized carbons (Fsp3) is 0.900. The predicted molar refractivity (Wildman–Crippen MR) is 66.3 cm³/mol. The summed E-state index contributed by atoms with van der Waals surface area (Å²) in [6.07, 6.45) is 7.83. The Morgan fingerprint density at radius 1 is 1.00 bits per heavy atom. The third-order valence-corrected chi connectivity index (χ3v) is 0. The van der Waals surface area contributed by atoms with Crippen molar-refractivity contribution >= 4 is 17.7 Å². The molecule has 0 aromatic heterocycles. The summed E-state index contributed by atoms with van der Waals surface area (Å²) in [5.41, 5.74) is 0. The van der Waals surface area contributed by atoms with Crippen molar-refractivity contribution in [3.63, 3.8) is 0 Å². The smallest absolute Gasteiger partial charge is 0.106 e. The highest BCUT2D eigenvalue weighted by atomic mass is 32.2. The molecule has 0 aromatic carbocycles. The molecule has 0 saturated heterocycles. The Labute approximate surface area is 83.3 Å². The van der Waals surface area contributed by atoms with E-state index < -0.39 is 0 Å². The lowest BCUT2D eigenvalue weighted by Gasteiger charge is -1.69. The zero-order valence-electron chi connectivity index (χ0n) is 9.23. The van der Waals surface area contributed by atoms with Gasteiger partial charge in [-0.05, 0) is 10.9 Å². The van der Waals surface area contributed by atoms with Crippen molar-refractivity contribution in [1.82, 2.24) is 0 Å². The third kappa shape index (κ3) is 2040000. The van der Waals surface area contributed by atoms with Crippen molar-refractivity contribution in [2.45, 2.75) is 41.5 Å². The van der Waals surface area contributed by atoms with Gasteiger partial charge in [-0.3, -0.25) is 0 Å². The van der Waals surface area contributed by atoms with E-state index in [1.807, 2.05) is 20.6 Å². The summed E-state index contributed by atoms with van der Waals surface area (Å²) in [5, 5.41) is 0. The highest BCUT2D eigenvalue weighted by Crippen LogP contribution is 1.63. The van der Waals surface area contributed by atoms with E-state index in [1.54, 1.807) is 0 Å². The molecule has 0 atom stereocenters. The van der Waals surface area contributed by atoms with E-state index in [0.717, 1.165) is 0 Å². The van der Waals surface area contributed by atoms with Crippen LogP contribution >= 0.6 is 0 Å². The first-order valence-electron chi connectivity index (χ1n) is 3.93. The molecule has 0 N–H and O–H groups in total. The van der Waals surface area contributed by atoms with E-state index in [0.29, 0.717) is 10.9 Å². The Kier molecular flexibility index (Phi) is 169. The number of hydrogen-bond donors (Lipinski definition) is 0. The van der Waals surface area contributed by atoms with Gasteiger partial charge in [-0.1, -0.05) is 41.5 Å². The minimum atomic E-state index is 0. The average molecular weight is 197 g/mol. The normalized spacial score (nSPS) is 5.33. The van der Waals surface area contributed by atoms with Crippen LogP contribution in [0.1, 0.15) is 41.5 Å². The molecule has 80 valence electrons. The predicted octanol–water partition coefficient (Wildman–Crippen LogP) is 3.39. The molecule has 0 aliphatic rings. The van der Waals surface area contributed by atoms with Crippen LogP contribution in [0.5, 0.6) is 0 Å². The Morgan fingerprint density at radius 2 is 1.00 bits per heavy atom. The van der Waals surface area contributed by atoms with Crippen molar-refractivity contribution in [3.8, 4) is 0 Å². The first kappa shape index (κ1) is 29.6. The lowest BCUT2D eigenvalue weighted by molar-refractivity contribution is -0.0979. The molecule has 1 nitrogen and oxygen atoms in total. The SMILES string of the molecule is C.C=O.CC.CCC.C[S+](C)C. The number of carbonyl (C=O) groups is 1. The molecule has 0 spiro atoms. The van der Waals surface area contributed by atoms with E-state index in [9.17, 15) is 0 Å². The fourth-order valence-corrected chi connectivity index (χ4v) is 0. The molecule has 2 heteroatoms. The van der Waals surface area contributed by atoms with Crippen LogP contribution in [0.4, 0.5) is 0 Å². The molecule has 0 bridgehead atoms. The van der Waals surface area contributed by atoms with Crippen molar-refractivity contribution in [3.05, 3.63) is 0 Å². The van der Waals surface area contributed by atoms with Gasteiger partial charge in [0.1, 0.15) is 6.79 Å². The molecule has 0 rings (SSSR count). The maximum absolute atomic E-state index is 8.00. The molecule has 0 fully saturated rings. The van der Waals surface area contributed by atoms with Crippen LogP contribution in [-0.2, 0) is 15.7 Å². The zero-order valence-corrected chi connectivity index (χ0v) is 10.0. The maximum Gasteiger partial charge on any atom is 0.106 e. The van der Waals surface area contributed by atoms with Crippen LogP contribution in [0.3, 0.4) is 0 Å². The molecule has 0 radical (unpaired) electrons. The number of rotatable bonds is 0. The summed E-state index contributed by atoms with van der Waals surface area (Å²) in [7, 11) is 0.639. The van der Waals surface area contributed by atoms with E-state index in [4.69, 9.17) is 4.79 Å². The first-order chi connectivity index (χ1) is 5.15. The van der Waals surface area contributed by atoms with Crippen molar-refractivity contribution in [1.29, 1.82) is 0 Å². The van der Waals surface area contributed by atoms with Gasteiger partial charge in [0.05, 0.1) is 18.8 Å². The Balaban J connectivity index is -0.0000000186. The third-order valence-electron chi connectivity index (χ3n) is 0. The van der Waals surface area contributed by atoms with Crippen LogP contribution in [0.25, 0.3) is 0 Å². The van der Waals surface area contributed by atoms with Crippen molar-refractivity contribution in [2.24, 2.45) is 0 Å². The van der Waals surface area contributed by atoms with Crippen LogP contribution in [0, 0.1) is 0 Å². The topological polar surface area (TPSA) is 17.1 Å². The molecule has 0 amide bonds. The maximum atomic E-state index is 8.00. The molecule has 0 aliphatic heterocycles. The standard InChI is InChI=1S/C3H9S.C3H8.C2H6.CH2O.CH4/c1-4(2)3;1-3-2;2*1-2;/h1-3H3;3H2,1-2H3;1-2H3;1H2;1H4/q+1;;;;. The lowest BCUT2D eigenvalue weighted by Crippen LogP contribution is -1.84. The van der Waals surface area contributed by atoms with E-state index >= 15 is 0 Å². The molecular weight excluding hydrogens is 168 g/mol. The van der Waals surface area contributed by atoms with Gasteiger partial charge in [0.2, 0.25) is 0 Å². The Morgan fingerprint density at radius 3 is 1.00 bits per heavy atom. The fourth-order valence-electron chi connectivity index (χ4n) is 0. The van der Waals surface area contributed by atoms with Crippen molar-refractivity contribution in [2.75, 3.05) is 18.8 Å². The molecule has 0 heterocycles. The molecule has 0 aliphatic carbocycles. The second kappa shape index (κ2) is 68.5. The summed E-state index contributed by atoms with van der Waals surface area (Å²) in [5.74, 6) is 0. The van der Waals surface area contributed by atoms with E-state index in [-0.39, 0.29) is 7.43 Å². The monoisotopic (exact) mass is 197 g/mol. The summed E-state index contributed by atoms with van der Waals surface area (Å²) in [6.45, 7) is 10.2. The zero-order chi connectivity index (χ0) is 10.3. The Bertz CT molecular complexity index is 28.3. The van der Waals surface area contributed by atoms with Gasteiger partial charge in [-0.25, -0.2) is 0 Å². The average Bonchev–Trinajstić information content (AvgIpc) is 1.96. The van der Waals surface area contributed by atoms with Crippen LogP contribution < -0.4 is 0 Å². The lowest BCUT2D eigenvalue weighted by atomic mass is 10.6. The van der Waals surface area contributed by atoms with Gasteiger partial charge < -0.3 is 4.79 Å². The molecule has 0 unspecified atom stereocenters. The van der Waals surface area contributed by atoms with Crippen LogP contribution in [-0.4, -0.2) is 25.6 Å².